The minimum Gasteiger partial charge on any atom is -0.372 e. The molecule has 1 saturated heterocycles. The van der Waals surface area contributed by atoms with Gasteiger partial charge in [0.1, 0.15) is 5.82 Å². The van der Waals surface area contributed by atoms with Crippen LogP contribution < -0.4 is 10.3 Å². The standard InChI is InChI=1S/C21H15BrFNOS/c22-19-11-18-16-9-12(23)3-5-14(16)20(25)15-6-4-13(24-7-1-2-8-24)10-17(15)21(18)26-19/h3-6,9-11H,1-2,7-8H2. The highest BCUT2D eigenvalue weighted by Crippen LogP contribution is 2.38. The first-order valence-corrected chi connectivity index (χ1v) is 10.3. The third kappa shape index (κ3) is 2.45. The van der Waals surface area contributed by atoms with Crippen molar-refractivity contribution in [2.75, 3.05) is 18.0 Å². The van der Waals surface area contributed by atoms with Crippen molar-refractivity contribution in [1.29, 1.82) is 0 Å². The number of anilines is 1. The molecule has 0 aliphatic carbocycles. The molecule has 130 valence electrons. The Bertz CT molecular complexity index is 1240. The number of thiophene rings is 1. The summed E-state index contributed by atoms with van der Waals surface area (Å²) in [5, 5.41) is 3.79. The van der Waals surface area contributed by atoms with Crippen molar-refractivity contribution in [2.45, 2.75) is 12.8 Å². The second-order valence-corrected chi connectivity index (χ2v) is 9.17. The first-order chi connectivity index (χ1) is 12.6. The molecule has 26 heavy (non-hydrogen) atoms. The Kier molecular flexibility index (Phi) is 3.76. The largest absolute Gasteiger partial charge is 0.372 e. The normalized spacial score (nSPS) is 14.8. The van der Waals surface area contributed by atoms with Crippen molar-refractivity contribution in [2.24, 2.45) is 0 Å². The number of halogens is 2. The fourth-order valence-electron chi connectivity index (χ4n) is 3.93. The van der Waals surface area contributed by atoms with Crippen LogP contribution in [-0.2, 0) is 0 Å². The molecule has 4 aromatic rings. The summed E-state index contributed by atoms with van der Waals surface area (Å²) >= 11 is 5.16. The van der Waals surface area contributed by atoms with E-state index in [1.807, 2.05) is 18.2 Å². The van der Waals surface area contributed by atoms with Crippen LogP contribution in [0.25, 0.3) is 31.6 Å². The average Bonchev–Trinajstić information content (AvgIpc) is 3.28. The van der Waals surface area contributed by atoms with Crippen LogP contribution in [0.3, 0.4) is 0 Å². The summed E-state index contributed by atoms with van der Waals surface area (Å²) in [6.07, 6.45) is 2.41. The maximum atomic E-state index is 13.9. The van der Waals surface area contributed by atoms with Crippen molar-refractivity contribution in [3.63, 3.8) is 0 Å². The number of hydrogen-bond acceptors (Lipinski definition) is 3. The summed E-state index contributed by atoms with van der Waals surface area (Å²) in [6, 6.07) is 12.5. The highest BCUT2D eigenvalue weighted by molar-refractivity contribution is 9.11. The molecule has 5 heteroatoms. The molecule has 0 amide bonds. The average molecular weight is 428 g/mol. The van der Waals surface area contributed by atoms with Gasteiger partial charge in [-0.25, -0.2) is 4.39 Å². The lowest BCUT2D eigenvalue weighted by Gasteiger charge is -2.17. The van der Waals surface area contributed by atoms with Crippen molar-refractivity contribution >= 4 is 64.6 Å². The maximum absolute atomic E-state index is 13.9. The summed E-state index contributed by atoms with van der Waals surface area (Å²) in [6.45, 7) is 2.11. The molecule has 0 saturated carbocycles. The highest BCUT2D eigenvalue weighted by atomic mass is 79.9. The van der Waals surface area contributed by atoms with E-state index < -0.39 is 0 Å². The van der Waals surface area contributed by atoms with E-state index in [9.17, 15) is 9.18 Å². The molecule has 0 radical (unpaired) electrons. The van der Waals surface area contributed by atoms with Crippen molar-refractivity contribution in [1.82, 2.24) is 0 Å². The molecule has 1 aliphatic rings. The maximum Gasteiger partial charge on any atom is 0.194 e. The molecular weight excluding hydrogens is 413 g/mol. The van der Waals surface area contributed by atoms with Gasteiger partial charge in [0.25, 0.3) is 0 Å². The van der Waals surface area contributed by atoms with Gasteiger partial charge in [0, 0.05) is 45.0 Å². The van der Waals surface area contributed by atoms with Gasteiger partial charge < -0.3 is 4.90 Å². The van der Waals surface area contributed by atoms with Gasteiger partial charge in [-0.2, -0.15) is 0 Å². The molecule has 2 nitrogen and oxygen atoms in total. The quantitative estimate of drug-likeness (QED) is 0.367. The SMILES string of the molecule is O=c1c2ccc(F)cc2c2cc(Br)sc2c2cc(N3CCCC3)ccc12. The van der Waals surface area contributed by atoms with Crippen LogP contribution in [0.5, 0.6) is 0 Å². The van der Waals surface area contributed by atoms with Gasteiger partial charge in [0.05, 0.1) is 3.79 Å². The van der Waals surface area contributed by atoms with E-state index >= 15 is 0 Å². The molecule has 3 aromatic carbocycles. The first kappa shape index (κ1) is 16.2. The predicted molar refractivity (Wildman–Crippen MR) is 112 cm³/mol. The summed E-state index contributed by atoms with van der Waals surface area (Å²) in [4.78, 5) is 15.5. The van der Waals surface area contributed by atoms with Gasteiger partial charge in [-0.1, -0.05) is 0 Å². The third-order valence-electron chi connectivity index (χ3n) is 5.18. The van der Waals surface area contributed by atoms with Crippen LogP contribution in [0.4, 0.5) is 10.1 Å². The smallest absolute Gasteiger partial charge is 0.194 e. The number of nitrogens with zero attached hydrogens (tertiary/aromatic N) is 1. The Morgan fingerprint density at radius 2 is 1.58 bits per heavy atom. The predicted octanol–water partition coefficient (Wildman–Crippen LogP) is 6.07. The number of hydrogen-bond donors (Lipinski definition) is 0. The van der Waals surface area contributed by atoms with Crippen LogP contribution in [0.15, 0.2) is 51.0 Å². The summed E-state index contributed by atoms with van der Waals surface area (Å²) in [5.41, 5.74) is 1.11. The zero-order chi connectivity index (χ0) is 17.8. The molecule has 2 heterocycles. The van der Waals surface area contributed by atoms with E-state index in [1.165, 1.54) is 25.0 Å². The lowest BCUT2D eigenvalue weighted by atomic mass is 10.1. The Hall–Kier alpha value is -1.98. The number of rotatable bonds is 1. The van der Waals surface area contributed by atoms with E-state index in [0.717, 1.165) is 38.0 Å². The Labute approximate surface area is 162 Å². The fourth-order valence-corrected chi connectivity index (χ4v) is 5.58. The Morgan fingerprint density at radius 1 is 0.885 bits per heavy atom. The molecule has 5 rings (SSSR count). The van der Waals surface area contributed by atoms with Gasteiger partial charge in [-0.15, -0.1) is 11.3 Å². The summed E-state index contributed by atoms with van der Waals surface area (Å²) in [7, 11) is 0. The number of fused-ring (bicyclic) bond motifs is 5. The second-order valence-electron chi connectivity index (χ2n) is 6.74. The topological polar surface area (TPSA) is 20.3 Å². The summed E-state index contributed by atoms with van der Waals surface area (Å²) < 4.78 is 15.9. The van der Waals surface area contributed by atoms with E-state index in [0.29, 0.717) is 16.2 Å². The lowest BCUT2D eigenvalue weighted by molar-refractivity contribution is 0.630. The molecule has 0 atom stereocenters. The van der Waals surface area contributed by atoms with E-state index in [4.69, 9.17) is 0 Å². The van der Waals surface area contributed by atoms with E-state index in [2.05, 4.69) is 26.9 Å². The van der Waals surface area contributed by atoms with Crippen LogP contribution in [0, 0.1) is 5.82 Å². The molecule has 0 spiro atoms. The molecule has 1 aliphatic heterocycles. The van der Waals surface area contributed by atoms with Crippen LogP contribution >= 0.6 is 27.3 Å². The highest BCUT2D eigenvalue weighted by Gasteiger charge is 2.16. The van der Waals surface area contributed by atoms with Crippen LogP contribution in [0.2, 0.25) is 0 Å². The Morgan fingerprint density at radius 3 is 2.38 bits per heavy atom. The Balaban J connectivity index is 1.99. The van der Waals surface area contributed by atoms with Gasteiger partial charge in [-0.3, -0.25) is 4.79 Å². The van der Waals surface area contributed by atoms with E-state index in [1.54, 1.807) is 17.4 Å². The van der Waals surface area contributed by atoms with Gasteiger partial charge in [0.2, 0.25) is 0 Å². The van der Waals surface area contributed by atoms with Crippen molar-refractivity contribution in [3.05, 3.63) is 62.3 Å². The zero-order valence-corrected chi connectivity index (χ0v) is 16.3. The lowest BCUT2D eigenvalue weighted by Crippen LogP contribution is -2.17. The molecule has 1 aromatic heterocycles. The minimum absolute atomic E-state index is 0.0394. The minimum atomic E-state index is -0.325. The second kappa shape index (κ2) is 6.03. The van der Waals surface area contributed by atoms with E-state index in [-0.39, 0.29) is 11.2 Å². The molecular formula is C21H15BrFNOS. The van der Waals surface area contributed by atoms with Gasteiger partial charge in [-0.05, 0) is 76.6 Å². The molecule has 0 N–H and O–H groups in total. The van der Waals surface area contributed by atoms with Gasteiger partial charge in [0.15, 0.2) is 5.43 Å². The fraction of sp³-hybridized carbons (Fsp3) is 0.190. The first-order valence-electron chi connectivity index (χ1n) is 8.65. The zero-order valence-electron chi connectivity index (χ0n) is 13.9. The monoisotopic (exact) mass is 427 g/mol. The summed E-state index contributed by atoms with van der Waals surface area (Å²) in [5.74, 6) is -0.325. The third-order valence-corrected chi connectivity index (χ3v) is 6.85. The van der Waals surface area contributed by atoms with Crippen LogP contribution in [0.1, 0.15) is 12.8 Å². The van der Waals surface area contributed by atoms with Crippen LogP contribution in [-0.4, -0.2) is 13.1 Å². The van der Waals surface area contributed by atoms with Crippen molar-refractivity contribution < 1.29 is 4.39 Å². The van der Waals surface area contributed by atoms with Crippen molar-refractivity contribution in [3.8, 4) is 0 Å². The van der Waals surface area contributed by atoms with Gasteiger partial charge >= 0.3 is 0 Å². The molecule has 0 unspecified atom stereocenters. The molecule has 1 fully saturated rings. The molecule has 0 bridgehead atoms. The number of benzene rings is 2.